The summed E-state index contributed by atoms with van der Waals surface area (Å²) in [6.45, 7) is 2.26. The highest BCUT2D eigenvalue weighted by Crippen LogP contribution is 2.24. The zero-order valence-corrected chi connectivity index (χ0v) is 10.9. The summed E-state index contributed by atoms with van der Waals surface area (Å²) in [6, 6.07) is 5.27. The Kier molecular flexibility index (Phi) is 5.25. The Morgan fingerprint density at radius 1 is 1.53 bits per heavy atom. The minimum atomic E-state index is -0.642. The molecule has 0 spiro atoms. The molecule has 4 nitrogen and oxygen atoms in total. The van der Waals surface area contributed by atoms with Gasteiger partial charge in [-0.1, -0.05) is 11.6 Å². The van der Waals surface area contributed by atoms with Crippen LogP contribution in [-0.2, 0) is 16.1 Å². The largest absolute Gasteiger partial charge is 0.479 e. The van der Waals surface area contributed by atoms with Crippen molar-refractivity contribution in [3.63, 3.8) is 0 Å². The molecule has 0 aliphatic rings. The summed E-state index contributed by atoms with van der Waals surface area (Å²) in [5.74, 6) is 0.219. The van der Waals surface area contributed by atoms with Crippen molar-refractivity contribution >= 4 is 17.6 Å². The average Bonchev–Trinajstić information content (AvgIpc) is 2.31. The highest BCUT2D eigenvalue weighted by atomic mass is 35.5. The number of halogens is 1. The quantitative estimate of drug-likeness (QED) is 0.820. The molecule has 17 heavy (non-hydrogen) atoms. The van der Waals surface area contributed by atoms with E-state index in [-0.39, 0.29) is 0 Å². The first-order valence-electron chi connectivity index (χ1n) is 5.26. The summed E-state index contributed by atoms with van der Waals surface area (Å²) >= 11 is 5.90. The van der Waals surface area contributed by atoms with Gasteiger partial charge >= 0.3 is 5.97 Å². The van der Waals surface area contributed by atoms with Gasteiger partial charge in [0.25, 0.3) is 0 Å². The molecule has 0 fully saturated rings. The molecule has 0 saturated carbocycles. The third kappa shape index (κ3) is 3.91. The number of ether oxygens (including phenoxy) is 2. The molecule has 1 aromatic carbocycles. The molecule has 1 atom stereocenters. The molecular formula is C12H16ClNO3. The normalized spacial score (nSPS) is 12.0. The van der Waals surface area contributed by atoms with Crippen molar-refractivity contribution in [3.05, 3.63) is 28.8 Å². The maximum absolute atomic E-state index is 11.3. The number of carbonyl (C=O) groups is 1. The van der Waals surface area contributed by atoms with E-state index in [2.05, 4.69) is 10.1 Å². The second-order valence-electron chi connectivity index (χ2n) is 3.57. The molecule has 0 aromatic heterocycles. The molecule has 0 bridgehead atoms. The monoisotopic (exact) mass is 257 g/mol. The molecule has 1 aromatic rings. The van der Waals surface area contributed by atoms with Crippen LogP contribution in [0.3, 0.4) is 0 Å². The van der Waals surface area contributed by atoms with Gasteiger partial charge < -0.3 is 14.8 Å². The van der Waals surface area contributed by atoms with Crippen molar-refractivity contribution in [3.8, 4) is 5.75 Å². The topological polar surface area (TPSA) is 47.6 Å². The molecular weight excluding hydrogens is 242 g/mol. The third-order valence-corrected chi connectivity index (χ3v) is 2.46. The molecule has 0 aliphatic heterocycles. The SMILES string of the molecule is CNCc1cc(Cl)ccc1OC(C)C(=O)OC. The first-order chi connectivity index (χ1) is 8.08. The van der Waals surface area contributed by atoms with Crippen LogP contribution in [0.4, 0.5) is 0 Å². The maximum Gasteiger partial charge on any atom is 0.346 e. The van der Waals surface area contributed by atoms with Crippen LogP contribution >= 0.6 is 11.6 Å². The van der Waals surface area contributed by atoms with E-state index in [0.717, 1.165) is 5.56 Å². The van der Waals surface area contributed by atoms with Crippen LogP contribution in [0.15, 0.2) is 18.2 Å². The number of nitrogens with one attached hydrogen (secondary N) is 1. The van der Waals surface area contributed by atoms with E-state index in [1.54, 1.807) is 25.1 Å². The van der Waals surface area contributed by atoms with E-state index >= 15 is 0 Å². The predicted octanol–water partition coefficient (Wildman–Crippen LogP) is 2.00. The highest BCUT2D eigenvalue weighted by Gasteiger charge is 2.16. The van der Waals surface area contributed by atoms with Crippen LogP contribution in [-0.4, -0.2) is 26.2 Å². The summed E-state index contributed by atoms with van der Waals surface area (Å²) in [5, 5.41) is 3.65. The second-order valence-corrected chi connectivity index (χ2v) is 4.00. The molecule has 0 saturated heterocycles. The van der Waals surface area contributed by atoms with Gasteiger partial charge in [-0.2, -0.15) is 0 Å². The molecule has 0 aliphatic carbocycles. The number of rotatable bonds is 5. The summed E-state index contributed by atoms with van der Waals surface area (Å²) in [4.78, 5) is 11.3. The lowest BCUT2D eigenvalue weighted by Gasteiger charge is -2.15. The van der Waals surface area contributed by atoms with Gasteiger partial charge in [0, 0.05) is 17.1 Å². The van der Waals surface area contributed by atoms with Crippen LogP contribution < -0.4 is 10.1 Å². The minimum absolute atomic E-state index is 0.407. The first-order valence-corrected chi connectivity index (χ1v) is 5.63. The van der Waals surface area contributed by atoms with Crippen molar-refractivity contribution in [1.29, 1.82) is 0 Å². The lowest BCUT2D eigenvalue weighted by Crippen LogP contribution is -2.25. The van der Waals surface area contributed by atoms with E-state index in [1.807, 2.05) is 7.05 Å². The minimum Gasteiger partial charge on any atom is -0.479 e. The van der Waals surface area contributed by atoms with Crippen LogP contribution in [0.2, 0.25) is 5.02 Å². The number of benzene rings is 1. The van der Waals surface area contributed by atoms with Crippen LogP contribution in [0, 0.1) is 0 Å². The van der Waals surface area contributed by atoms with Crippen molar-refractivity contribution in [2.75, 3.05) is 14.2 Å². The average molecular weight is 258 g/mol. The van der Waals surface area contributed by atoms with Gasteiger partial charge in [0.1, 0.15) is 5.75 Å². The Morgan fingerprint density at radius 3 is 2.82 bits per heavy atom. The van der Waals surface area contributed by atoms with Crippen molar-refractivity contribution < 1.29 is 14.3 Å². The van der Waals surface area contributed by atoms with Crippen LogP contribution in [0.25, 0.3) is 0 Å². The fraction of sp³-hybridized carbons (Fsp3) is 0.417. The molecule has 94 valence electrons. The zero-order valence-electron chi connectivity index (χ0n) is 10.1. The Morgan fingerprint density at radius 2 is 2.24 bits per heavy atom. The smallest absolute Gasteiger partial charge is 0.346 e. The van der Waals surface area contributed by atoms with E-state index in [4.69, 9.17) is 16.3 Å². The van der Waals surface area contributed by atoms with E-state index in [1.165, 1.54) is 7.11 Å². The number of hydrogen-bond acceptors (Lipinski definition) is 4. The van der Waals surface area contributed by atoms with Gasteiger partial charge in [-0.3, -0.25) is 0 Å². The van der Waals surface area contributed by atoms with Gasteiger partial charge in [0.2, 0.25) is 0 Å². The summed E-state index contributed by atoms with van der Waals surface area (Å²) in [7, 11) is 3.16. The third-order valence-electron chi connectivity index (χ3n) is 2.23. The Balaban J connectivity index is 2.85. The molecule has 1 unspecified atom stereocenters. The zero-order chi connectivity index (χ0) is 12.8. The van der Waals surface area contributed by atoms with Gasteiger partial charge in [-0.15, -0.1) is 0 Å². The molecule has 0 heterocycles. The van der Waals surface area contributed by atoms with E-state index < -0.39 is 12.1 Å². The highest BCUT2D eigenvalue weighted by molar-refractivity contribution is 6.30. The van der Waals surface area contributed by atoms with Gasteiger partial charge in [0.15, 0.2) is 6.10 Å². The molecule has 0 amide bonds. The number of esters is 1. The standard InChI is InChI=1S/C12H16ClNO3/c1-8(12(15)16-3)17-11-5-4-10(13)6-9(11)7-14-2/h4-6,8,14H,7H2,1-3H3. The number of carbonyl (C=O) groups excluding carboxylic acids is 1. The van der Waals surface area contributed by atoms with E-state index in [9.17, 15) is 4.79 Å². The predicted molar refractivity (Wildman–Crippen MR) is 66.3 cm³/mol. The fourth-order valence-electron chi connectivity index (χ4n) is 1.40. The Bertz CT molecular complexity index is 395. The van der Waals surface area contributed by atoms with E-state index in [0.29, 0.717) is 17.3 Å². The van der Waals surface area contributed by atoms with Crippen LogP contribution in [0.1, 0.15) is 12.5 Å². The fourth-order valence-corrected chi connectivity index (χ4v) is 1.59. The lowest BCUT2D eigenvalue weighted by molar-refractivity contribution is -0.147. The molecule has 0 radical (unpaired) electrons. The number of methoxy groups -OCH3 is 1. The summed E-state index contributed by atoms with van der Waals surface area (Å²) in [5.41, 5.74) is 0.899. The summed E-state index contributed by atoms with van der Waals surface area (Å²) in [6.07, 6.45) is -0.642. The Hall–Kier alpha value is -1.26. The molecule has 1 N–H and O–H groups in total. The first kappa shape index (κ1) is 13.8. The Labute approximate surface area is 106 Å². The van der Waals surface area contributed by atoms with Crippen molar-refractivity contribution in [2.24, 2.45) is 0 Å². The van der Waals surface area contributed by atoms with Crippen LogP contribution in [0.5, 0.6) is 5.75 Å². The second kappa shape index (κ2) is 6.47. The van der Waals surface area contributed by atoms with Gasteiger partial charge in [0.05, 0.1) is 7.11 Å². The lowest BCUT2D eigenvalue weighted by atomic mass is 10.2. The molecule has 5 heteroatoms. The molecule has 1 rings (SSSR count). The van der Waals surface area contributed by atoms with Crippen molar-refractivity contribution in [1.82, 2.24) is 5.32 Å². The van der Waals surface area contributed by atoms with Gasteiger partial charge in [-0.25, -0.2) is 4.79 Å². The van der Waals surface area contributed by atoms with Gasteiger partial charge in [-0.05, 0) is 32.2 Å². The summed E-state index contributed by atoms with van der Waals surface area (Å²) < 4.78 is 10.1. The number of hydrogen-bond donors (Lipinski definition) is 1. The maximum atomic E-state index is 11.3. The van der Waals surface area contributed by atoms with Crippen molar-refractivity contribution in [2.45, 2.75) is 19.6 Å².